The highest BCUT2D eigenvalue weighted by Crippen LogP contribution is 2.35. The van der Waals surface area contributed by atoms with E-state index in [0.717, 1.165) is 16.8 Å². The molecule has 0 unspecified atom stereocenters. The summed E-state index contributed by atoms with van der Waals surface area (Å²) in [6.07, 6.45) is 2.61. The van der Waals surface area contributed by atoms with Gasteiger partial charge < -0.3 is 24.5 Å². The predicted octanol–water partition coefficient (Wildman–Crippen LogP) is 3.09. The number of methoxy groups -OCH3 is 1. The van der Waals surface area contributed by atoms with Gasteiger partial charge in [-0.2, -0.15) is 0 Å². The van der Waals surface area contributed by atoms with Crippen LogP contribution in [0.3, 0.4) is 0 Å². The molecule has 2 aromatic heterocycles. The Balaban J connectivity index is 1.56. The molecule has 1 aliphatic heterocycles. The number of amides is 1. The quantitative estimate of drug-likeness (QED) is 0.548. The summed E-state index contributed by atoms with van der Waals surface area (Å²) in [4.78, 5) is 24.5. The van der Waals surface area contributed by atoms with Gasteiger partial charge in [0.1, 0.15) is 5.82 Å². The molecule has 0 atom stereocenters. The van der Waals surface area contributed by atoms with Crippen LogP contribution in [0.2, 0.25) is 0 Å². The summed E-state index contributed by atoms with van der Waals surface area (Å²) in [5, 5.41) is 2.83. The second-order valence-corrected chi connectivity index (χ2v) is 7.85. The number of ether oxygens (including phenoxy) is 3. The lowest BCUT2D eigenvalue weighted by Gasteiger charge is -2.35. The number of aromatic amines is 1. The molecule has 9 heteroatoms. The van der Waals surface area contributed by atoms with E-state index in [9.17, 15) is 9.18 Å². The number of benzene rings is 1. The van der Waals surface area contributed by atoms with Crippen LogP contribution in [-0.4, -0.2) is 54.3 Å². The van der Waals surface area contributed by atoms with Crippen molar-refractivity contribution in [2.24, 2.45) is 5.41 Å². The highest BCUT2D eigenvalue weighted by Gasteiger charge is 2.40. The van der Waals surface area contributed by atoms with Crippen LogP contribution in [-0.2, 0) is 19.0 Å². The molecular formula is C23H25FN4O4. The first kappa shape index (κ1) is 22.1. The molecule has 2 N–H and O–H groups in total. The van der Waals surface area contributed by atoms with Gasteiger partial charge >= 0.3 is 0 Å². The molecule has 1 aliphatic rings. The number of hydrogen-bond donors (Lipinski definition) is 2. The molecular weight excluding hydrogens is 415 g/mol. The van der Waals surface area contributed by atoms with Crippen LogP contribution in [0.4, 0.5) is 4.39 Å². The summed E-state index contributed by atoms with van der Waals surface area (Å²) >= 11 is 0. The Morgan fingerprint density at radius 2 is 1.88 bits per heavy atom. The summed E-state index contributed by atoms with van der Waals surface area (Å²) in [6, 6.07) is 9.83. The van der Waals surface area contributed by atoms with Crippen molar-refractivity contribution in [3.8, 4) is 22.5 Å². The minimum atomic E-state index is -0.815. The molecule has 4 rings (SSSR count). The van der Waals surface area contributed by atoms with Gasteiger partial charge in [-0.05, 0) is 43.3 Å². The van der Waals surface area contributed by atoms with Crippen LogP contribution in [0, 0.1) is 11.2 Å². The van der Waals surface area contributed by atoms with Crippen molar-refractivity contribution in [2.75, 3.05) is 33.5 Å². The van der Waals surface area contributed by atoms with Crippen molar-refractivity contribution < 1.29 is 23.4 Å². The predicted molar refractivity (Wildman–Crippen MR) is 115 cm³/mol. The molecule has 0 spiro atoms. The van der Waals surface area contributed by atoms with E-state index >= 15 is 0 Å². The van der Waals surface area contributed by atoms with E-state index in [2.05, 4.69) is 15.3 Å². The number of halogens is 1. The summed E-state index contributed by atoms with van der Waals surface area (Å²) < 4.78 is 30.2. The molecule has 32 heavy (non-hydrogen) atoms. The lowest BCUT2D eigenvalue weighted by atomic mass is 9.91. The third kappa shape index (κ3) is 4.69. The fraction of sp³-hybridized carbons (Fsp3) is 0.348. The van der Waals surface area contributed by atoms with Gasteiger partial charge in [0.15, 0.2) is 5.82 Å². The van der Waals surface area contributed by atoms with Crippen LogP contribution >= 0.6 is 0 Å². The molecule has 0 bridgehead atoms. The van der Waals surface area contributed by atoms with Gasteiger partial charge in [-0.25, -0.2) is 9.37 Å². The van der Waals surface area contributed by atoms with Gasteiger partial charge in [-0.1, -0.05) is 0 Å². The van der Waals surface area contributed by atoms with Crippen molar-refractivity contribution in [1.82, 2.24) is 20.3 Å². The van der Waals surface area contributed by atoms with Gasteiger partial charge in [0.2, 0.25) is 12.2 Å². The summed E-state index contributed by atoms with van der Waals surface area (Å²) in [7, 11) is 1.58. The van der Waals surface area contributed by atoms with E-state index in [-0.39, 0.29) is 24.9 Å². The lowest BCUT2D eigenvalue weighted by Crippen LogP contribution is -2.49. The van der Waals surface area contributed by atoms with Gasteiger partial charge in [0.25, 0.3) is 0 Å². The summed E-state index contributed by atoms with van der Waals surface area (Å²) in [5.74, 6) is -0.00752. The van der Waals surface area contributed by atoms with E-state index in [4.69, 9.17) is 19.2 Å². The molecule has 3 heterocycles. The highest BCUT2D eigenvalue weighted by atomic mass is 19.1. The third-order valence-corrected chi connectivity index (χ3v) is 5.28. The average molecular weight is 440 g/mol. The first-order valence-electron chi connectivity index (χ1n) is 10.3. The molecule has 1 saturated heterocycles. The van der Waals surface area contributed by atoms with Crippen LogP contribution in [0.1, 0.15) is 19.0 Å². The molecule has 0 radical (unpaired) electrons. The van der Waals surface area contributed by atoms with E-state index in [1.165, 1.54) is 12.1 Å². The van der Waals surface area contributed by atoms with Gasteiger partial charge in [0, 0.05) is 37.2 Å². The molecule has 1 amide bonds. The molecule has 0 aliphatic carbocycles. The Morgan fingerprint density at radius 1 is 1.19 bits per heavy atom. The Morgan fingerprint density at radius 3 is 2.53 bits per heavy atom. The second kappa shape index (κ2) is 9.56. The first-order valence-corrected chi connectivity index (χ1v) is 10.3. The number of H-pyrrole nitrogens is 1. The minimum absolute atomic E-state index is 0.156. The smallest absolute Gasteiger partial charge is 0.230 e. The maximum absolute atomic E-state index is 13.4. The zero-order valence-electron chi connectivity index (χ0n) is 17.9. The lowest BCUT2D eigenvalue weighted by molar-refractivity contribution is -0.231. The number of hydrogen-bond acceptors (Lipinski definition) is 6. The van der Waals surface area contributed by atoms with Crippen LogP contribution in [0.15, 0.2) is 48.8 Å². The molecule has 3 aromatic rings. The number of pyridine rings is 1. The summed E-state index contributed by atoms with van der Waals surface area (Å²) in [5.41, 5.74) is 2.19. The van der Waals surface area contributed by atoms with E-state index in [0.29, 0.717) is 24.7 Å². The topological polar surface area (TPSA) is 98.4 Å². The van der Waals surface area contributed by atoms with Gasteiger partial charge in [-0.3, -0.25) is 9.78 Å². The molecule has 8 nitrogen and oxygen atoms in total. The van der Waals surface area contributed by atoms with Crippen LogP contribution < -0.4 is 5.32 Å². The number of nitrogens with zero attached hydrogens (tertiary/aromatic N) is 2. The minimum Gasteiger partial charge on any atom is -0.383 e. The van der Waals surface area contributed by atoms with Crippen LogP contribution in [0.25, 0.3) is 22.5 Å². The standard InChI is InChI=1S/C23H25FN4O4/c1-23(22(29)26-11-12-30-2)13-31-21(32-14-23)20-27-18(15-3-5-17(24)6-4-15)19(28-20)16-7-9-25-10-8-16/h3-10,21H,11-14H2,1-2H3,(H,26,29)(H,27,28). The summed E-state index contributed by atoms with van der Waals surface area (Å²) in [6.45, 7) is 2.99. The molecule has 0 saturated carbocycles. The Labute approximate surface area is 185 Å². The Kier molecular flexibility index (Phi) is 6.59. The normalized spacial score (nSPS) is 20.8. The number of carbonyl (C=O) groups excluding carboxylic acids is 1. The van der Waals surface area contributed by atoms with Gasteiger partial charge in [0.05, 0.1) is 36.6 Å². The maximum atomic E-state index is 13.4. The van der Waals surface area contributed by atoms with Crippen molar-refractivity contribution in [2.45, 2.75) is 13.2 Å². The fourth-order valence-electron chi connectivity index (χ4n) is 3.43. The van der Waals surface area contributed by atoms with Crippen LogP contribution in [0.5, 0.6) is 0 Å². The second-order valence-electron chi connectivity index (χ2n) is 7.85. The number of aromatic nitrogens is 3. The monoisotopic (exact) mass is 440 g/mol. The Hall–Kier alpha value is -3.14. The molecule has 1 fully saturated rings. The van der Waals surface area contributed by atoms with E-state index in [1.54, 1.807) is 38.6 Å². The van der Waals surface area contributed by atoms with Crippen molar-refractivity contribution >= 4 is 5.91 Å². The van der Waals surface area contributed by atoms with Gasteiger partial charge in [-0.15, -0.1) is 0 Å². The fourth-order valence-corrected chi connectivity index (χ4v) is 3.43. The maximum Gasteiger partial charge on any atom is 0.230 e. The number of rotatable bonds is 7. The van der Waals surface area contributed by atoms with E-state index < -0.39 is 11.7 Å². The largest absolute Gasteiger partial charge is 0.383 e. The van der Waals surface area contributed by atoms with Crippen molar-refractivity contribution in [3.05, 3.63) is 60.4 Å². The third-order valence-electron chi connectivity index (χ3n) is 5.28. The molecule has 168 valence electrons. The highest BCUT2D eigenvalue weighted by molar-refractivity contribution is 5.82. The number of imidazole rings is 1. The first-order chi connectivity index (χ1) is 15.5. The van der Waals surface area contributed by atoms with Crippen molar-refractivity contribution in [3.63, 3.8) is 0 Å². The zero-order valence-corrected chi connectivity index (χ0v) is 17.9. The Bertz CT molecular complexity index is 1050. The van der Waals surface area contributed by atoms with Crippen molar-refractivity contribution in [1.29, 1.82) is 0 Å². The molecule has 1 aromatic carbocycles. The zero-order chi connectivity index (χ0) is 22.6. The van der Waals surface area contributed by atoms with E-state index in [1.807, 2.05) is 12.1 Å². The average Bonchev–Trinajstić information content (AvgIpc) is 3.26. The number of nitrogens with one attached hydrogen (secondary N) is 2. The number of carbonyl (C=O) groups is 1. The SMILES string of the molecule is COCCNC(=O)C1(C)COC(c2nc(-c3ccc(F)cc3)c(-c3ccncc3)[nH]2)OC1.